The smallest absolute Gasteiger partial charge is 0.251 e. The summed E-state index contributed by atoms with van der Waals surface area (Å²) in [6.07, 6.45) is 4.34. The van der Waals surface area contributed by atoms with Gasteiger partial charge in [0.2, 0.25) is 0 Å². The third kappa shape index (κ3) is 2.53. The molecule has 0 unspecified atom stereocenters. The summed E-state index contributed by atoms with van der Waals surface area (Å²) < 4.78 is 13.1. The van der Waals surface area contributed by atoms with Gasteiger partial charge in [0.15, 0.2) is 0 Å². The Morgan fingerprint density at radius 1 is 1.38 bits per heavy atom. The van der Waals surface area contributed by atoms with Gasteiger partial charge in [-0.3, -0.25) is 4.79 Å². The molecule has 4 heteroatoms. The monoisotopic (exact) mass is 241 g/mol. The number of amides is 1. The summed E-state index contributed by atoms with van der Waals surface area (Å²) in [4.78, 5) is 11.7. The van der Waals surface area contributed by atoms with E-state index in [0.29, 0.717) is 5.56 Å². The van der Waals surface area contributed by atoms with E-state index in [0.717, 1.165) is 25.7 Å². The molecular weight excluding hydrogens is 229 g/mol. The molecule has 16 heavy (non-hydrogen) atoms. The van der Waals surface area contributed by atoms with Crippen LogP contribution in [0.4, 0.5) is 4.39 Å². The van der Waals surface area contributed by atoms with Crippen LogP contribution in [-0.2, 0) is 0 Å². The summed E-state index contributed by atoms with van der Waals surface area (Å²) in [5.41, 5.74) is 0.328. The van der Waals surface area contributed by atoms with E-state index in [1.165, 1.54) is 18.2 Å². The summed E-state index contributed by atoms with van der Waals surface area (Å²) in [7, 11) is 0. The Kier molecular flexibility index (Phi) is 3.44. The maximum atomic E-state index is 13.1. The van der Waals surface area contributed by atoms with Crippen LogP contribution in [0.5, 0.6) is 0 Å². The molecule has 2 nitrogen and oxygen atoms in total. The first-order valence-electron chi connectivity index (χ1n) is 5.43. The Bertz CT molecular complexity index is 402. The average molecular weight is 242 g/mol. The zero-order chi connectivity index (χ0) is 11.5. The number of rotatable bonds is 2. The number of carbonyl (C=O) groups excluding carboxylic acids is 1. The molecule has 0 atom stereocenters. The Labute approximate surface area is 98.8 Å². The Balaban J connectivity index is 2.05. The maximum absolute atomic E-state index is 13.1. The first-order chi connectivity index (χ1) is 7.66. The van der Waals surface area contributed by atoms with E-state index in [9.17, 15) is 9.18 Å². The maximum Gasteiger partial charge on any atom is 0.251 e. The molecule has 1 aliphatic rings. The van der Waals surface area contributed by atoms with Crippen molar-refractivity contribution in [1.82, 2.24) is 5.32 Å². The van der Waals surface area contributed by atoms with Crippen LogP contribution in [0.1, 0.15) is 36.0 Å². The fraction of sp³-hybridized carbons (Fsp3) is 0.417. The van der Waals surface area contributed by atoms with Crippen LogP contribution in [-0.4, -0.2) is 11.9 Å². The van der Waals surface area contributed by atoms with Crippen molar-refractivity contribution in [3.8, 4) is 0 Å². The van der Waals surface area contributed by atoms with E-state index in [-0.39, 0.29) is 17.0 Å². The van der Waals surface area contributed by atoms with E-state index in [1.807, 2.05) is 0 Å². The third-order valence-electron chi connectivity index (χ3n) is 2.87. The number of hydrogen-bond acceptors (Lipinski definition) is 1. The molecule has 0 saturated heterocycles. The van der Waals surface area contributed by atoms with Crippen LogP contribution in [0, 0.1) is 5.82 Å². The van der Waals surface area contributed by atoms with Gasteiger partial charge in [0.05, 0.1) is 5.02 Å². The largest absolute Gasteiger partial charge is 0.349 e. The Morgan fingerprint density at radius 3 is 2.69 bits per heavy atom. The number of halogens is 2. The quantitative estimate of drug-likeness (QED) is 0.847. The second kappa shape index (κ2) is 4.83. The van der Waals surface area contributed by atoms with Gasteiger partial charge in [-0.2, -0.15) is 0 Å². The molecule has 1 fully saturated rings. The fourth-order valence-corrected chi connectivity index (χ4v) is 2.09. The zero-order valence-electron chi connectivity index (χ0n) is 8.80. The third-order valence-corrected chi connectivity index (χ3v) is 3.18. The number of carbonyl (C=O) groups is 1. The molecule has 1 aromatic rings. The molecule has 2 rings (SSSR count). The molecule has 0 bridgehead atoms. The molecule has 0 heterocycles. The SMILES string of the molecule is O=C(NC1CCCC1)c1ccc(Cl)c(F)c1. The molecule has 86 valence electrons. The van der Waals surface area contributed by atoms with Crippen LogP contribution in [0.25, 0.3) is 0 Å². The lowest BCUT2D eigenvalue weighted by Crippen LogP contribution is -2.32. The molecule has 0 spiro atoms. The highest BCUT2D eigenvalue weighted by atomic mass is 35.5. The van der Waals surface area contributed by atoms with Gasteiger partial charge in [-0.15, -0.1) is 0 Å². The molecule has 1 aromatic carbocycles. The van der Waals surface area contributed by atoms with E-state index >= 15 is 0 Å². The number of hydrogen-bond donors (Lipinski definition) is 1. The second-order valence-corrected chi connectivity index (χ2v) is 4.49. The zero-order valence-corrected chi connectivity index (χ0v) is 9.56. The van der Waals surface area contributed by atoms with Gasteiger partial charge in [-0.1, -0.05) is 24.4 Å². The van der Waals surface area contributed by atoms with Gasteiger partial charge < -0.3 is 5.32 Å². The van der Waals surface area contributed by atoms with Crippen molar-refractivity contribution in [3.63, 3.8) is 0 Å². The standard InChI is InChI=1S/C12H13ClFNO/c13-10-6-5-8(7-11(10)14)12(16)15-9-3-1-2-4-9/h5-7,9H,1-4H2,(H,15,16). The van der Waals surface area contributed by atoms with Crippen molar-refractivity contribution in [2.45, 2.75) is 31.7 Å². The first kappa shape index (κ1) is 11.4. The van der Waals surface area contributed by atoms with Crippen LogP contribution in [0.3, 0.4) is 0 Å². The van der Waals surface area contributed by atoms with Crippen molar-refractivity contribution < 1.29 is 9.18 Å². The van der Waals surface area contributed by atoms with Crippen molar-refractivity contribution in [3.05, 3.63) is 34.6 Å². The fourth-order valence-electron chi connectivity index (χ4n) is 1.98. The van der Waals surface area contributed by atoms with Gasteiger partial charge >= 0.3 is 0 Å². The summed E-state index contributed by atoms with van der Waals surface area (Å²) in [6, 6.07) is 4.36. The predicted octanol–water partition coefficient (Wildman–Crippen LogP) is 3.15. The number of benzene rings is 1. The summed E-state index contributed by atoms with van der Waals surface area (Å²) in [6.45, 7) is 0. The Morgan fingerprint density at radius 2 is 2.06 bits per heavy atom. The first-order valence-corrected chi connectivity index (χ1v) is 5.80. The highest BCUT2D eigenvalue weighted by molar-refractivity contribution is 6.30. The lowest BCUT2D eigenvalue weighted by Gasteiger charge is -2.11. The van der Waals surface area contributed by atoms with Gasteiger partial charge in [-0.05, 0) is 31.0 Å². The van der Waals surface area contributed by atoms with E-state index in [4.69, 9.17) is 11.6 Å². The van der Waals surface area contributed by atoms with Crippen molar-refractivity contribution in [2.24, 2.45) is 0 Å². The van der Waals surface area contributed by atoms with Gasteiger partial charge in [-0.25, -0.2) is 4.39 Å². The highest BCUT2D eigenvalue weighted by Gasteiger charge is 2.18. The predicted molar refractivity (Wildman–Crippen MR) is 61.1 cm³/mol. The topological polar surface area (TPSA) is 29.1 Å². The van der Waals surface area contributed by atoms with Gasteiger partial charge in [0.25, 0.3) is 5.91 Å². The molecule has 0 aromatic heterocycles. The molecule has 0 aliphatic heterocycles. The van der Waals surface area contributed by atoms with Crippen LogP contribution >= 0.6 is 11.6 Å². The van der Waals surface area contributed by atoms with Crippen LogP contribution in [0.2, 0.25) is 5.02 Å². The molecule has 1 N–H and O–H groups in total. The number of nitrogens with one attached hydrogen (secondary N) is 1. The van der Waals surface area contributed by atoms with Crippen LogP contribution < -0.4 is 5.32 Å². The summed E-state index contributed by atoms with van der Waals surface area (Å²) in [5, 5.41) is 2.93. The highest BCUT2D eigenvalue weighted by Crippen LogP contribution is 2.19. The molecule has 0 radical (unpaired) electrons. The molecule has 1 saturated carbocycles. The average Bonchev–Trinajstić information content (AvgIpc) is 2.74. The molecule has 1 aliphatic carbocycles. The van der Waals surface area contributed by atoms with Crippen molar-refractivity contribution in [1.29, 1.82) is 0 Å². The van der Waals surface area contributed by atoms with E-state index in [1.54, 1.807) is 0 Å². The van der Waals surface area contributed by atoms with Crippen molar-refractivity contribution in [2.75, 3.05) is 0 Å². The van der Waals surface area contributed by atoms with E-state index < -0.39 is 5.82 Å². The lowest BCUT2D eigenvalue weighted by molar-refractivity contribution is 0.0937. The minimum Gasteiger partial charge on any atom is -0.349 e. The van der Waals surface area contributed by atoms with Crippen molar-refractivity contribution >= 4 is 17.5 Å². The minimum absolute atomic E-state index is 0.0393. The normalized spacial score (nSPS) is 16.4. The Hall–Kier alpha value is -1.09. The van der Waals surface area contributed by atoms with Gasteiger partial charge in [0.1, 0.15) is 5.82 Å². The van der Waals surface area contributed by atoms with Gasteiger partial charge in [0, 0.05) is 11.6 Å². The summed E-state index contributed by atoms with van der Waals surface area (Å²) in [5.74, 6) is -0.775. The summed E-state index contributed by atoms with van der Waals surface area (Å²) >= 11 is 5.55. The van der Waals surface area contributed by atoms with E-state index in [2.05, 4.69) is 5.32 Å². The van der Waals surface area contributed by atoms with Crippen LogP contribution in [0.15, 0.2) is 18.2 Å². The minimum atomic E-state index is -0.555. The molecular formula is C12H13ClFNO. The molecule has 1 amide bonds. The lowest BCUT2D eigenvalue weighted by atomic mass is 10.2. The second-order valence-electron chi connectivity index (χ2n) is 4.08.